The van der Waals surface area contributed by atoms with Crippen molar-refractivity contribution in [2.45, 2.75) is 12.5 Å². The van der Waals surface area contributed by atoms with Crippen molar-refractivity contribution in [1.29, 1.82) is 0 Å². The summed E-state index contributed by atoms with van der Waals surface area (Å²) in [4.78, 5) is 16.9. The first-order valence-corrected chi connectivity index (χ1v) is 4.74. The summed E-state index contributed by atoms with van der Waals surface area (Å²) in [5.41, 5.74) is 0.226. The molecule has 1 aromatic heterocycles. The van der Waals surface area contributed by atoms with E-state index < -0.39 is 11.9 Å². The van der Waals surface area contributed by atoms with Gasteiger partial charge in [-0.05, 0) is 12.5 Å². The highest BCUT2D eigenvalue weighted by molar-refractivity contribution is 5.94. The number of rotatable bonds is 1. The molecule has 0 radical (unpaired) electrons. The van der Waals surface area contributed by atoms with Gasteiger partial charge in [-0.3, -0.25) is 9.78 Å². The van der Waals surface area contributed by atoms with Crippen LogP contribution in [-0.2, 0) is 0 Å². The van der Waals surface area contributed by atoms with Crippen LogP contribution in [0.3, 0.4) is 0 Å². The zero-order chi connectivity index (χ0) is 10.8. The van der Waals surface area contributed by atoms with E-state index in [9.17, 15) is 14.3 Å². The standard InChI is InChI=1S/C10H11FN2O2/c11-8-3-7(4-12-5-8)10(15)13-2-1-9(14)6-13/h3-5,9,14H,1-2,6H2/t9-/m1/s1. The maximum Gasteiger partial charge on any atom is 0.255 e. The molecule has 1 N–H and O–H groups in total. The largest absolute Gasteiger partial charge is 0.391 e. The molecule has 1 amide bonds. The molecule has 2 rings (SSSR count). The monoisotopic (exact) mass is 210 g/mol. The van der Waals surface area contributed by atoms with E-state index in [1.165, 1.54) is 11.1 Å². The van der Waals surface area contributed by atoms with Crippen LogP contribution < -0.4 is 0 Å². The Hall–Kier alpha value is -1.49. The molecule has 1 aliphatic heterocycles. The second-order valence-corrected chi connectivity index (χ2v) is 3.59. The summed E-state index contributed by atoms with van der Waals surface area (Å²) in [5, 5.41) is 9.27. The van der Waals surface area contributed by atoms with Crippen molar-refractivity contribution in [3.05, 3.63) is 29.8 Å². The number of hydrogen-bond acceptors (Lipinski definition) is 3. The van der Waals surface area contributed by atoms with Crippen molar-refractivity contribution in [1.82, 2.24) is 9.88 Å². The first-order chi connectivity index (χ1) is 7.16. The van der Waals surface area contributed by atoms with E-state index in [2.05, 4.69) is 4.98 Å². The summed E-state index contributed by atoms with van der Waals surface area (Å²) < 4.78 is 12.8. The molecule has 5 heteroatoms. The molecule has 0 spiro atoms. The normalized spacial score (nSPS) is 20.7. The zero-order valence-electron chi connectivity index (χ0n) is 8.06. The number of carbonyl (C=O) groups excluding carboxylic acids is 1. The molecule has 1 saturated heterocycles. The summed E-state index contributed by atoms with van der Waals surface area (Å²) in [5.74, 6) is -0.806. The summed E-state index contributed by atoms with van der Waals surface area (Å²) >= 11 is 0. The minimum Gasteiger partial charge on any atom is -0.391 e. The number of β-amino-alcohol motifs (C(OH)–C–C–N with tert-alkyl or cyclic N) is 1. The van der Waals surface area contributed by atoms with Crippen LogP contribution in [0.4, 0.5) is 4.39 Å². The second-order valence-electron chi connectivity index (χ2n) is 3.59. The Morgan fingerprint density at radius 2 is 2.40 bits per heavy atom. The number of hydrogen-bond donors (Lipinski definition) is 1. The van der Waals surface area contributed by atoms with Crippen LogP contribution in [0.25, 0.3) is 0 Å². The fourth-order valence-corrected chi connectivity index (χ4v) is 1.64. The second kappa shape index (κ2) is 3.94. The topological polar surface area (TPSA) is 53.4 Å². The van der Waals surface area contributed by atoms with Gasteiger partial charge in [0, 0.05) is 19.3 Å². The first-order valence-electron chi connectivity index (χ1n) is 4.74. The molecule has 1 aromatic rings. The number of nitrogens with zero attached hydrogens (tertiary/aromatic N) is 2. The van der Waals surface area contributed by atoms with Gasteiger partial charge in [0.2, 0.25) is 0 Å². The average molecular weight is 210 g/mol. The van der Waals surface area contributed by atoms with E-state index >= 15 is 0 Å². The third kappa shape index (κ3) is 2.12. The number of amides is 1. The van der Waals surface area contributed by atoms with Crippen molar-refractivity contribution < 1.29 is 14.3 Å². The number of carbonyl (C=O) groups is 1. The zero-order valence-corrected chi connectivity index (χ0v) is 8.06. The van der Waals surface area contributed by atoms with Gasteiger partial charge in [-0.2, -0.15) is 0 Å². The van der Waals surface area contributed by atoms with E-state index in [1.807, 2.05) is 0 Å². The lowest BCUT2D eigenvalue weighted by Crippen LogP contribution is -2.29. The number of aliphatic hydroxyl groups is 1. The van der Waals surface area contributed by atoms with Crippen molar-refractivity contribution in [3.63, 3.8) is 0 Å². The summed E-state index contributed by atoms with van der Waals surface area (Å²) in [7, 11) is 0. The Balaban J connectivity index is 2.14. The number of pyridine rings is 1. The fourth-order valence-electron chi connectivity index (χ4n) is 1.64. The van der Waals surface area contributed by atoms with Gasteiger partial charge < -0.3 is 10.0 Å². The maximum atomic E-state index is 12.8. The van der Waals surface area contributed by atoms with Crippen LogP contribution in [0.5, 0.6) is 0 Å². The van der Waals surface area contributed by atoms with Crippen molar-refractivity contribution >= 4 is 5.91 Å². The number of aromatic nitrogens is 1. The molecule has 15 heavy (non-hydrogen) atoms. The molecule has 1 atom stereocenters. The lowest BCUT2D eigenvalue weighted by Gasteiger charge is -2.14. The summed E-state index contributed by atoms with van der Waals surface area (Å²) in [6, 6.07) is 1.15. The van der Waals surface area contributed by atoms with E-state index in [4.69, 9.17) is 0 Å². The summed E-state index contributed by atoms with van der Waals surface area (Å²) in [6.07, 6.45) is 2.50. The SMILES string of the molecule is O=C(c1cncc(F)c1)N1CC[C@@H](O)C1. The minimum atomic E-state index is -0.527. The molecule has 80 valence electrons. The Morgan fingerprint density at radius 1 is 1.60 bits per heavy atom. The highest BCUT2D eigenvalue weighted by Crippen LogP contribution is 2.13. The fraction of sp³-hybridized carbons (Fsp3) is 0.400. The molecule has 0 unspecified atom stereocenters. The number of aliphatic hydroxyl groups excluding tert-OH is 1. The maximum absolute atomic E-state index is 12.8. The van der Waals surface area contributed by atoms with Gasteiger partial charge in [-0.1, -0.05) is 0 Å². The third-order valence-corrected chi connectivity index (χ3v) is 2.40. The third-order valence-electron chi connectivity index (χ3n) is 2.40. The average Bonchev–Trinajstić information content (AvgIpc) is 2.64. The lowest BCUT2D eigenvalue weighted by molar-refractivity contribution is 0.0764. The van der Waals surface area contributed by atoms with E-state index in [1.54, 1.807) is 0 Å². The molecule has 1 fully saturated rings. The molecular weight excluding hydrogens is 199 g/mol. The predicted octanol–water partition coefficient (Wildman–Crippen LogP) is 0.428. The van der Waals surface area contributed by atoms with Crippen LogP contribution >= 0.6 is 0 Å². The van der Waals surface area contributed by atoms with Gasteiger partial charge in [0.05, 0.1) is 17.9 Å². The van der Waals surface area contributed by atoms with Crippen LogP contribution in [0, 0.1) is 5.82 Å². The van der Waals surface area contributed by atoms with Crippen LogP contribution in [0.15, 0.2) is 18.5 Å². The Labute approximate surface area is 86.4 Å². The smallest absolute Gasteiger partial charge is 0.255 e. The molecule has 0 aliphatic carbocycles. The molecule has 0 aromatic carbocycles. The van der Waals surface area contributed by atoms with Crippen LogP contribution in [-0.4, -0.2) is 40.1 Å². The van der Waals surface area contributed by atoms with Crippen molar-refractivity contribution in [2.75, 3.05) is 13.1 Å². The first kappa shape index (κ1) is 10.0. The summed E-state index contributed by atoms with van der Waals surface area (Å²) in [6.45, 7) is 0.825. The lowest BCUT2D eigenvalue weighted by atomic mass is 10.2. The molecule has 4 nitrogen and oxygen atoms in total. The molecule has 0 bridgehead atoms. The van der Waals surface area contributed by atoms with Gasteiger partial charge in [-0.25, -0.2) is 4.39 Å². The van der Waals surface area contributed by atoms with Crippen molar-refractivity contribution in [2.24, 2.45) is 0 Å². The highest BCUT2D eigenvalue weighted by atomic mass is 19.1. The van der Waals surface area contributed by atoms with E-state index in [0.29, 0.717) is 19.5 Å². The Kier molecular flexibility index (Phi) is 2.64. The van der Waals surface area contributed by atoms with Crippen LogP contribution in [0.2, 0.25) is 0 Å². The molecule has 2 heterocycles. The molecule has 1 aliphatic rings. The predicted molar refractivity (Wildman–Crippen MR) is 50.7 cm³/mol. The van der Waals surface area contributed by atoms with E-state index in [-0.39, 0.29) is 11.5 Å². The Morgan fingerprint density at radius 3 is 3.00 bits per heavy atom. The number of halogens is 1. The van der Waals surface area contributed by atoms with Gasteiger partial charge in [0.25, 0.3) is 5.91 Å². The van der Waals surface area contributed by atoms with Gasteiger partial charge in [0.15, 0.2) is 0 Å². The highest BCUT2D eigenvalue weighted by Gasteiger charge is 2.25. The number of likely N-dealkylation sites (tertiary alicyclic amines) is 1. The van der Waals surface area contributed by atoms with E-state index in [0.717, 1.165) is 12.3 Å². The quantitative estimate of drug-likeness (QED) is 0.731. The van der Waals surface area contributed by atoms with Crippen molar-refractivity contribution in [3.8, 4) is 0 Å². The van der Waals surface area contributed by atoms with Crippen LogP contribution in [0.1, 0.15) is 16.8 Å². The molecular formula is C10H11FN2O2. The molecule has 0 saturated carbocycles. The Bertz CT molecular complexity index is 383. The minimum absolute atomic E-state index is 0.226. The van der Waals surface area contributed by atoms with Gasteiger partial charge >= 0.3 is 0 Å². The van der Waals surface area contributed by atoms with Gasteiger partial charge in [0.1, 0.15) is 5.82 Å². The van der Waals surface area contributed by atoms with Gasteiger partial charge in [-0.15, -0.1) is 0 Å².